The van der Waals surface area contributed by atoms with Crippen LogP contribution in [-0.4, -0.2) is 94.5 Å². The average molecular weight is 597 g/mol. The normalized spacial score (nSPS) is 40.0. The highest BCUT2D eigenvalue weighted by molar-refractivity contribution is 5.69. The molecule has 1 spiro atoms. The lowest BCUT2D eigenvalue weighted by Crippen LogP contribution is -2.73. The van der Waals surface area contributed by atoms with Gasteiger partial charge in [0, 0.05) is 64.7 Å². The molecule has 1 heterocycles. The Labute approximate surface area is 243 Å². The van der Waals surface area contributed by atoms with Crippen molar-refractivity contribution in [3.05, 3.63) is 11.1 Å². The summed E-state index contributed by atoms with van der Waals surface area (Å²) in [6, 6.07) is 0. The summed E-state index contributed by atoms with van der Waals surface area (Å²) in [7, 11) is 0. The van der Waals surface area contributed by atoms with E-state index >= 15 is 0 Å². The number of aliphatic hydroxyl groups is 2. The molecule has 2 bridgehead atoms. The summed E-state index contributed by atoms with van der Waals surface area (Å²) in [6.45, 7) is 10.9. The van der Waals surface area contributed by atoms with Crippen molar-refractivity contribution >= 4 is 29.8 Å². The molecule has 1 aliphatic heterocycles. The van der Waals surface area contributed by atoms with Crippen molar-refractivity contribution in [1.82, 2.24) is 0 Å². The summed E-state index contributed by atoms with van der Waals surface area (Å²) in [5.41, 5.74) is -4.01. The molecule has 0 aromatic heterocycles. The molecular formula is C29H40O13. The third-order valence-corrected chi connectivity index (χ3v) is 9.32. The maximum Gasteiger partial charge on any atom is 0.303 e. The number of fused-ring (bicyclic) bond motifs is 4. The smallest absolute Gasteiger partial charge is 0.303 e. The fourth-order valence-electron chi connectivity index (χ4n) is 7.67. The second kappa shape index (κ2) is 10.9. The van der Waals surface area contributed by atoms with Gasteiger partial charge in [0.1, 0.15) is 35.6 Å². The largest absolute Gasteiger partial charge is 0.459 e. The quantitative estimate of drug-likeness (QED) is 0.198. The number of ether oxygens (including phenoxy) is 6. The lowest BCUT2D eigenvalue weighted by atomic mass is 9.49. The van der Waals surface area contributed by atoms with Crippen LogP contribution in [0.5, 0.6) is 0 Å². The van der Waals surface area contributed by atoms with Gasteiger partial charge in [0.15, 0.2) is 6.10 Å². The van der Waals surface area contributed by atoms with Gasteiger partial charge >= 0.3 is 29.8 Å². The first-order chi connectivity index (χ1) is 19.4. The Balaban J connectivity index is 2.10. The molecule has 10 unspecified atom stereocenters. The highest BCUT2D eigenvalue weighted by atomic mass is 16.6. The maximum atomic E-state index is 12.8. The molecule has 3 aliphatic carbocycles. The van der Waals surface area contributed by atoms with Gasteiger partial charge in [0.25, 0.3) is 0 Å². The number of aliphatic hydroxyl groups excluding tert-OH is 1. The number of epoxide rings is 1. The van der Waals surface area contributed by atoms with Crippen LogP contribution >= 0.6 is 0 Å². The minimum Gasteiger partial charge on any atom is -0.459 e. The van der Waals surface area contributed by atoms with Gasteiger partial charge in [-0.2, -0.15) is 0 Å². The SMILES string of the molecule is CC(=O)OC1CC2(O)C(OC(C)=O)C3C(C(O)CC(OC(C)=O)C34CO4)C(OC(C)=O)C(OC(C)=O)C(=C1C)C2(C)C. The molecule has 2 saturated carbocycles. The van der Waals surface area contributed by atoms with E-state index in [-0.39, 0.29) is 19.4 Å². The fourth-order valence-corrected chi connectivity index (χ4v) is 7.67. The summed E-state index contributed by atoms with van der Waals surface area (Å²) < 4.78 is 34.8. The second-order valence-corrected chi connectivity index (χ2v) is 12.3. The van der Waals surface area contributed by atoms with E-state index in [9.17, 15) is 34.2 Å². The van der Waals surface area contributed by atoms with Crippen molar-refractivity contribution in [2.24, 2.45) is 17.3 Å². The van der Waals surface area contributed by atoms with Gasteiger partial charge in [-0.3, -0.25) is 24.0 Å². The van der Waals surface area contributed by atoms with Crippen LogP contribution in [0.1, 0.15) is 68.2 Å². The minimum atomic E-state index is -2.02. The Morgan fingerprint density at radius 1 is 0.833 bits per heavy atom. The molecular weight excluding hydrogens is 556 g/mol. The first kappa shape index (κ1) is 31.9. The second-order valence-electron chi connectivity index (χ2n) is 12.3. The Morgan fingerprint density at radius 2 is 1.36 bits per heavy atom. The summed E-state index contributed by atoms with van der Waals surface area (Å²) in [4.78, 5) is 62.2. The van der Waals surface area contributed by atoms with E-state index in [2.05, 4.69) is 0 Å². The van der Waals surface area contributed by atoms with Gasteiger partial charge in [-0.1, -0.05) is 13.8 Å². The van der Waals surface area contributed by atoms with Crippen LogP contribution in [-0.2, 0) is 52.4 Å². The molecule has 0 aromatic carbocycles. The fraction of sp³-hybridized carbons (Fsp3) is 0.759. The third kappa shape index (κ3) is 5.19. The zero-order chi connectivity index (χ0) is 31.5. The van der Waals surface area contributed by atoms with Crippen LogP contribution in [0.4, 0.5) is 0 Å². The van der Waals surface area contributed by atoms with E-state index in [0.717, 1.165) is 13.8 Å². The Bertz CT molecular complexity index is 1200. The van der Waals surface area contributed by atoms with Crippen molar-refractivity contribution in [2.75, 3.05) is 6.61 Å². The van der Waals surface area contributed by atoms with Gasteiger partial charge in [0.2, 0.25) is 0 Å². The van der Waals surface area contributed by atoms with Crippen molar-refractivity contribution in [2.45, 2.75) is 116 Å². The van der Waals surface area contributed by atoms with E-state index in [4.69, 9.17) is 28.4 Å². The highest BCUT2D eigenvalue weighted by Gasteiger charge is 2.76. The van der Waals surface area contributed by atoms with Gasteiger partial charge < -0.3 is 38.6 Å². The summed E-state index contributed by atoms with van der Waals surface area (Å²) >= 11 is 0. The molecule has 13 heteroatoms. The molecule has 0 aromatic rings. The van der Waals surface area contributed by atoms with E-state index in [1.54, 1.807) is 20.8 Å². The standard InChI is InChI=1S/C29H40O13/c1-12-19(38-13(2)30)10-29(36)26(42-17(6)34)23-21(18(35)9-20(39-14(3)31)28(23)11-37-28)24(40-15(4)32)25(41-16(5)33)22(12)27(29,7)8/h18-21,23-26,35-36H,9-11H2,1-8H3. The monoisotopic (exact) mass is 596 g/mol. The lowest BCUT2D eigenvalue weighted by Gasteiger charge is -2.61. The van der Waals surface area contributed by atoms with Crippen molar-refractivity contribution in [1.29, 1.82) is 0 Å². The number of hydrogen-bond donors (Lipinski definition) is 2. The van der Waals surface area contributed by atoms with Gasteiger partial charge in [-0.15, -0.1) is 0 Å². The maximum absolute atomic E-state index is 12.8. The van der Waals surface area contributed by atoms with E-state index in [0.29, 0.717) is 11.1 Å². The molecule has 234 valence electrons. The summed E-state index contributed by atoms with van der Waals surface area (Å²) in [6.07, 6.45) is -7.95. The van der Waals surface area contributed by atoms with Gasteiger partial charge in [-0.25, -0.2) is 0 Å². The predicted molar refractivity (Wildman–Crippen MR) is 140 cm³/mol. The number of rotatable bonds is 5. The molecule has 4 aliphatic rings. The van der Waals surface area contributed by atoms with Crippen molar-refractivity contribution in [3.63, 3.8) is 0 Å². The number of esters is 5. The number of carbonyl (C=O) groups excluding carboxylic acids is 5. The number of hydrogen-bond acceptors (Lipinski definition) is 13. The first-order valence-electron chi connectivity index (χ1n) is 14.0. The Hall–Kier alpha value is -3.03. The number of carbonyl (C=O) groups is 5. The van der Waals surface area contributed by atoms with Gasteiger partial charge in [-0.05, 0) is 18.1 Å². The van der Waals surface area contributed by atoms with E-state index in [1.807, 2.05) is 0 Å². The van der Waals surface area contributed by atoms with Crippen LogP contribution in [0.25, 0.3) is 0 Å². The molecule has 2 N–H and O–H groups in total. The predicted octanol–water partition coefficient (Wildman–Crippen LogP) is 0.902. The molecule has 10 atom stereocenters. The third-order valence-electron chi connectivity index (χ3n) is 9.32. The minimum absolute atomic E-state index is 0.00717. The highest BCUT2D eigenvalue weighted by Crippen LogP contribution is 2.62. The van der Waals surface area contributed by atoms with E-state index < -0.39 is 94.9 Å². The molecule has 0 radical (unpaired) electrons. The van der Waals surface area contributed by atoms with Gasteiger partial charge in [0.05, 0.1) is 12.7 Å². The average Bonchev–Trinajstić information content (AvgIpc) is 3.61. The molecule has 13 nitrogen and oxygen atoms in total. The topological polar surface area (TPSA) is 184 Å². The lowest BCUT2D eigenvalue weighted by molar-refractivity contribution is -0.258. The summed E-state index contributed by atoms with van der Waals surface area (Å²) in [5, 5.41) is 24.5. The van der Waals surface area contributed by atoms with Crippen LogP contribution in [0.2, 0.25) is 0 Å². The van der Waals surface area contributed by atoms with Crippen LogP contribution in [0.15, 0.2) is 11.1 Å². The molecule has 4 rings (SSSR count). The molecule has 42 heavy (non-hydrogen) atoms. The van der Waals surface area contributed by atoms with Crippen LogP contribution in [0, 0.1) is 17.3 Å². The Morgan fingerprint density at radius 3 is 1.83 bits per heavy atom. The molecule has 3 fully saturated rings. The zero-order valence-corrected chi connectivity index (χ0v) is 25.1. The van der Waals surface area contributed by atoms with Crippen molar-refractivity contribution < 1.29 is 62.6 Å². The van der Waals surface area contributed by atoms with Crippen molar-refractivity contribution in [3.8, 4) is 0 Å². The molecule has 1 saturated heterocycles. The zero-order valence-electron chi connectivity index (χ0n) is 25.1. The van der Waals surface area contributed by atoms with Crippen LogP contribution < -0.4 is 0 Å². The first-order valence-corrected chi connectivity index (χ1v) is 14.0. The summed E-state index contributed by atoms with van der Waals surface area (Å²) in [5.74, 6) is -5.81. The van der Waals surface area contributed by atoms with Crippen LogP contribution in [0.3, 0.4) is 0 Å². The molecule has 0 amide bonds. The van der Waals surface area contributed by atoms with E-state index in [1.165, 1.54) is 20.8 Å². The Kier molecular flexibility index (Phi) is 8.29.